The Balaban J connectivity index is 1.39. The Bertz CT molecular complexity index is 1330. The third kappa shape index (κ3) is 4.69. The van der Waals surface area contributed by atoms with E-state index in [0.29, 0.717) is 21.2 Å². The van der Waals surface area contributed by atoms with Gasteiger partial charge in [0.15, 0.2) is 15.0 Å². The third-order valence-electron chi connectivity index (χ3n) is 4.21. The van der Waals surface area contributed by atoms with E-state index in [0.717, 1.165) is 22.0 Å². The monoisotopic (exact) mass is 505 g/mol. The van der Waals surface area contributed by atoms with Crippen molar-refractivity contribution in [2.75, 3.05) is 11.6 Å². The van der Waals surface area contributed by atoms with Crippen molar-refractivity contribution in [3.63, 3.8) is 0 Å². The van der Waals surface area contributed by atoms with Crippen molar-refractivity contribution in [1.29, 1.82) is 0 Å². The largest absolute Gasteiger partial charge is 0.341 e. The van der Waals surface area contributed by atoms with Crippen molar-refractivity contribution in [2.24, 2.45) is 0 Å². The smallest absolute Gasteiger partial charge is 0.321 e. The lowest BCUT2D eigenvalue weighted by atomic mass is 10.2. The number of imidazole rings is 1. The van der Waals surface area contributed by atoms with Gasteiger partial charge in [-0.15, -0.1) is 0 Å². The molecule has 2 heterocycles. The Morgan fingerprint density at radius 3 is 2.70 bits per heavy atom. The van der Waals surface area contributed by atoms with Crippen molar-refractivity contribution >= 4 is 58.5 Å². The number of halogens is 1. The highest BCUT2D eigenvalue weighted by molar-refractivity contribution is 9.10. The Kier molecular flexibility index (Phi) is 5.58. The third-order valence-corrected chi connectivity index (χ3v) is 6.78. The first-order chi connectivity index (χ1) is 14.3. The van der Waals surface area contributed by atoms with E-state index in [4.69, 9.17) is 0 Å². The van der Waals surface area contributed by atoms with Gasteiger partial charge >= 0.3 is 6.03 Å². The lowest BCUT2D eigenvalue weighted by Gasteiger charge is -2.03. The summed E-state index contributed by atoms with van der Waals surface area (Å²) in [4.78, 5) is 24.2. The fourth-order valence-corrected chi connectivity index (χ4v) is 4.61. The first-order valence-electron chi connectivity index (χ1n) is 8.73. The Morgan fingerprint density at radius 2 is 1.97 bits per heavy atom. The number of amides is 2. The van der Waals surface area contributed by atoms with Crippen LogP contribution in [0.2, 0.25) is 0 Å². The molecule has 0 spiro atoms. The summed E-state index contributed by atoms with van der Waals surface area (Å²) in [6, 6.07) is 12.1. The van der Waals surface area contributed by atoms with E-state index < -0.39 is 15.9 Å². The summed E-state index contributed by atoms with van der Waals surface area (Å²) in [5.41, 5.74) is 2.46. The molecule has 0 aliphatic carbocycles. The molecular weight excluding hydrogens is 490 g/mol. The van der Waals surface area contributed by atoms with Gasteiger partial charge in [-0.2, -0.15) is 0 Å². The highest BCUT2D eigenvalue weighted by Gasteiger charge is 2.12. The predicted octanol–water partition coefficient (Wildman–Crippen LogP) is 4.17. The lowest BCUT2D eigenvalue weighted by molar-refractivity contribution is 0.251. The summed E-state index contributed by atoms with van der Waals surface area (Å²) >= 11 is 4.61. The van der Waals surface area contributed by atoms with Gasteiger partial charge in [0, 0.05) is 10.7 Å². The highest BCUT2D eigenvalue weighted by atomic mass is 79.9. The maximum Gasteiger partial charge on any atom is 0.321 e. The summed E-state index contributed by atoms with van der Waals surface area (Å²) in [6.07, 6.45) is 2.86. The quantitative estimate of drug-likeness (QED) is 0.376. The first-order valence-corrected chi connectivity index (χ1v) is 12.2. The molecule has 4 aromatic rings. The highest BCUT2D eigenvalue weighted by Crippen LogP contribution is 2.28. The van der Waals surface area contributed by atoms with Crippen molar-refractivity contribution in [1.82, 2.24) is 20.3 Å². The Morgan fingerprint density at radius 1 is 1.20 bits per heavy atom. The second-order valence-corrected chi connectivity index (χ2v) is 10.4. The van der Waals surface area contributed by atoms with Crippen LogP contribution in [0.1, 0.15) is 5.82 Å². The molecule has 0 aliphatic heterocycles. The van der Waals surface area contributed by atoms with Gasteiger partial charge in [0.1, 0.15) is 5.82 Å². The number of rotatable bonds is 5. The molecule has 0 aliphatic rings. The van der Waals surface area contributed by atoms with E-state index in [1.54, 1.807) is 18.3 Å². The summed E-state index contributed by atoms with van der Waals surface area (Å²) in [5.74, 6) is 0.616. The number of fused-ring (bicyclic) bond motifs is 1. The molecule has 0 fully saturated rings. The number of hydrogen-bond acceptors (Lipinski definition) is 6. The maximum atomic E-state index is 12.2. The fraction of sp³-hybridized carbons (Fsp3) is 0.105. The molecule has 0 radical (unpaired) electrons. The van der Waals surface area contributed by atoms with Crippen LogP contribution in [0.5, 0.6) is 0 Å². The van der Waals surface area contributed by atoms with Crippen LogP contribution < -0.4 is 10.6 Å². The van der Waals surface area contributed by atoms with E-state index in [9.17, 15) is 13.2 Å². The molecule has 2 aromatic heterocycles. The van der Waals surface area contributed by atoms with Crippen molar-refractivity contribution in [3.8, 4) is 11.3 Å². The van der Waals surface area contributed by atoms with Crippen LogP contribution >= 0.6 is 27.3 Å². The van der Waals surface area contributed by atoms with Crippen LogP contribution in [0, 0.1) is 0 Å². The number of nitrogens with one attached hydrogen (secondary N) is 3. The van der Waals surface area contributed by atoms with Gasteiger partial charge in [0.2, 0.25) is 0 Å². The molecule has 0 bridgehead atoms. The van der Waals surface area contributed by atoms with Gasteiger partial charge < -0.3 is 10.3 Å². The van der Waals surface area contributed by atoms with Crippen LogP contribution in [0.3, 0.4) is 0 Å². The molecule has 0 saturated heterocycles. The number of benzene rings is 2. The van der Waals surface area contributed by atoms with Gasteiger partial charge in [0.25, 0.3) is 0 Å². The number of carbonyl (C=O) groups is 1. The number of hydrogen-bond donors (Lipinski definition) is 3. The van der Waals surface area contributed by atoms with E-state index in [2.05, 4.69) is 41.5 Å². The fourth-order valence-electron chi connectivity index (χ4n) is 2.72. The minimum absolute atomic E-state index is 0.214. The average Bonchev–Trinajstić information content (AvgIpc) is 3.32. The van der Waals surface area contributed by atoms with E-state index in [1.807, 2.05) is 24.3 Å². The molecule has 8 nitrogen and oxygen atoms in total. The van der Waals surface area contributed by atoms with Gasteiger partial charge in [-0.25, -0.2) is 23.2 Å². The zero-order chi connectivity index (χ0) is 21.3. The molecule has 2 amide bonds. The van der Waals surface area contributed by atoms with Crippen LogP contribution in [0.4, 0.5) is 9.93 Å². The van der Waals surface area contributed by atoms with E-state index >= 15 is 0 Å². The van der Waals surface area contributed by atoms with Crippen LogP contribution in [0.25, 0.3) is 21.5 Å². The molecule has 3 N–H and O–H groups in total. The first kappa shape index (κ1) is 20.5. The summed E-state index contributed by atoms with van der Waals surface area (Å²) < 4.78 is 25.0. The van der Waals surface area contributed by atoms with Crippen LogP contribution in [-0.2, 0) is 16.4 Å². The maximum absolute atomic E-state index is 12.2. The van der Waals surface area contributed by atoms with Crippen LogP contribution in [0.15, 0.2) is 58.0 Å². The number of aromatic amines is 1. The molecule has 2 aromatic carbocycles. The Labute approximate surface area is 184 Å². The topological polar surface area (TPSA) is 117 Å². The minimum atomic E-state index is -3.30. The van der Waals surface area contributed by atoms with Crippen molar-refractivity contribution in [3.05, 3.63) is 59.0 Å². The molecular formula is C19H16BrN5O3S2. The zero-order valence-electron chi connectivity index (χ0n) is 15.6. The van der Waals surface area contributed by atoms with Crippen molar-refractivity contribution < 1.29 is 13.2 Å². The molecule has 4 rings (SSSR count). The number of aromatic nitrogens is 3. The minimum Gasteiger partial charge on any atom is -0.341 e. The summed E-state index contributed by atoms with van der Waals surface area (Å²) in [5, 5.41) is 5.76. The van der Waals surface area contributed by atoms with Crippen LogP contribution in [-0.4, -0.2) is 35.7 Å². The number of H-pyrrole nitrogens is 1. The van der Waals surface area contributed by atoms with Gasteiger partial charge in [-0.05, 0) is 35.9 Å². The summed E-state index contributed by atoms with van der Waals surface area (Å²) in [6.45, 7) is 0.214. The molecule has 11 heteroatoms. The number of urea groups is 1. The molecule has 0 unspecified atom stereocenters. The van der Waals surface area contributed by atoms with Gasteiger partial charge in [-0.1, -0.05) is 39.4 Å². The molecule has 154 valence electrons. The standard InChI is InChI=1S/C19H16BrN5O3S2/c1-30(27,28)13-6-7-14-16(8-13)29-19(24-14)25-18(26)22-10-17-21-9-15(23-17)11-2-4-12(20)5-3-11/h2-9H,10H2,1H3,(H,21,23)(H2,22,24,25,26). The van der Waals surface area contributed by atoms with Crippen molar-refractivity contribution in [2.45, 2.75) is 11.4 Å². The normalized spacial score (nSPS) is 11.5. The molecule has 0 saturated carbocycles. The lowest BCUT2D eigenvalue weighted by Crippen LogP contribution is -2.28. The second-order valence-electron chi connectivity index (χ2n) is 6.48. The number of carbonyl (C=O) groups excluding carboxylic acids is 1. The SMILES string of the molecule is CS(=O)(=O)c1ccc2nc(NC(=O)NCc3ncc(-c4ccc(Br)cc4)[nH]3)sc2c1. The van der Waals surface area contributed by atoms with E-state index in [-0.39, 0.29) is 11.4 Å². The van der Waals surface area contributed by atoms with Gasteiger partial charge in [0.05, 0.1) is 33.5 Å². The zero-order valence-corrected chi connectivity index (χ0v) is 18.9. The Hall–Kier alpha value is -2.76. The summed E-state index contributed by atoms with van der Waals surface area (Å²) in [7, 11) is -3.30. The number of sulfone groups is 1. The van der Waals surface area contributed by atoms with E-state index in [1.165, 1.54) is 17.4 Å². The molecule has 0 atom stereocenters. The number of thiazole rings is 1. The number of anilines is 1. The average molecular weight is 506 g/mol. The molecule has 30 heavy (non-hydrogen) atoms. The second kappa shape index (κ2) is 8.17. The van der Waals surface area contributed by atoms with Gasteiger partial charge in [-0.3, -0.25) is 5.32 Å². The number of nitrogens with zero attached hydrogens (tertiary/aromatic N) is 2. The predicted molar refractivity (Wildman–Crippen MR) is 120 cm³/mol.